The highest BCUT2D eigenvalue weighted by atomic mass is 31.1. The van der Waals surface area contributed by atoms with Crippen LogP contribution in [0.1, 0.15) is 20.8 Å². The van der Waals surface area contributed by atoms with Crippen molar-refractivity contribution in [3.8, 4) is 0 Å². The van der Waals surface area contributed by atoms with Gasteiger partial charge in [0, 0.05) is 13.1 Å². The van der Waals surface area contributed by atoms with Crippen molar-refractivity contribution in [3.05, 3.63) is 0 Å². The van der Waals surface area contributed by atoms with E-state index in [1.165, 1.54) is 0 Å². The summed E-state index contributed by atoms with van der Waals surface area (Å²) in [7, 11) is 4.69. The van der Waals surface area contributed by atoms with Crippen LogP contribution in [-0.4, -0.2) is 50.3 Å². The quantitative estimate of drug-likeness (QED) is 0.542. The average molecular weight is 220 g/mol. The lowest BCUT2D eigenvalue weighted by atomic mass is 10.5. The number of nitrogens with one attached hydrogen (secondary N) is 1. The van der Waals surface area contributed by atoms with Gasteiger partial charge >= 0.3 is 0 Å². The number of rotatable bonds is 6. The summed E-state index contributed by atoms with van der Waals surface area (Å²) in [6, 6.07) is 0. The van der Waals surface area contributed by atoms with Crippen molar-refractivity contribution < 1.29 is 4.79 Å². The SMILES string of the molecule is CCNCCN(C)C.CCPC(C)=O. The minimum Gasteiger partial charge on any atom is -0.316 e. The van der Waals surface area contributed by atoms with Crippen LogP contribution in [0.4, 0.5) is 0 Å². The van der Waals surface area contributed by atoms with Crippen LogP contribution in [0.5, 0.6) is 0 Å². The van der Waals surface area contributed by atoms with E-state index in [0.717, 1.165) is 25.8 Å². The van der Waals surface area contributed by atoms with E-state index in [-0.39, 0.29) is 0 Å². The van der Waals surface area contributed by atoms with E-state index in [1.54, 1.807) is 6.92 Å². The van der Waals surface area contributed by atoms with E-state index in [4.69, 9.17) is 0 Å². The Labute approximate surface area is 90.4 Å². The molecule has 0 aliphatic heterocycles. The molecule has 0 amide bonds. The summed E-state index contributed by atoms with van der Waals surface area (Å²) in [4.78, 5) is 12.2. The van der Waals surface area contributed by atoms with Gasteiger partial charge < -0.3 is 10.2 Å². The molecule has 0 aromatic rings. The molecule has 0 bridgehead atoms. The summed E-state index contributed by atoms with van der Waals surface area (Å²) < 4.78 is 0. The molecule has 1 unspecified atom stereocenters. The number of nitrogens with zero attached hydrogens (tertiary/aromatic N) is 1. The largest absolute Gasteiger partial charge is 0.316 e. The van der Waals surface area contributed by atoms with Crippen LogP contribution in [0, 0.1) is 0 Å². The zero-order chi connectivity index (χ0) is 11.4. The van der Waals surface area contributed by atoms with Gasteiger partial charge in [0.1, 0.15) is 5.52 Å². The number of carbonyl (C=O) groups excluding carboxylic acids is 1. The zero-order valence-corrected chi connectivity index (χ0v) is 11.2. The number of hydrogen-bond donors (Lipinski definition) is 1. The van der Waals surface area contributed by atoms with E-state index < -0.39 is 0 Å². The Kier molecular flexibility index (Phi) is 15.3. The van der Waals surface area contributed by atoms with Crippen molar-refractivity contribution in [1.82, 2.24) is 10.2 Å². The zero-order valence-electron chi connectivity index (χ0n) is 10.2. The van der Waals surface area contributed by atoms with Crippen molar-refractivity contribution in [1.29, 1.82) is 0 Å². The number of likely N-dealkylation sites (N-methyl/N-ethyl adjacent to an activating group) is 2. The monoisotopic (exact) mass is 220 g/mol. The van der Waals surface area contributed by atoms with Crippen LogP contribution in [0.3, 0.4) is 0 Å². The molecule has 1 N–H and O–H groups in total. The van der Waals surface area contributed by atoms with E-state index in [2.05, 4.69) is 31.2 Å². The van der Waals surface area contributed by atoms with Gasteiger partial charge in [0.2, 0.25) is 0 Å². The maximum atomic E-state index is 10.1. The minimum atomic E-state index is 0.317. The Hall–Kier alpha value is 0.0200. The summed E-state index contributed by atoms with van der Waals surface area (Å²) in [5.74, 6) is 0. The molecular weight excluding hydrogens is 195 g/mol. The normalized spacial score (nSPS) is 10.4. The Balaban J connectivity index is 0. The molecule has 0 spiro atoms. The van der Waals surface area contributed by atoms with Gasteiger partial charge in [0.05, 0.1) is 0 Å². The van der Waals surface area contributed by atoms with E-state index in [0.29, 0.717) is 14.1 Å². The second-order valence-electron chi connectivity index (χ2n) is 3.24. The molecule has 4 heteroatoms. The fraction of sp³-hybridized carbons (Fsp3) is 0.900. The van der Waals surface area contributed by atoms with Crippen molar-refractivity contribution in [2.45, 2.75) is 20.8 Å². The van der Waals surface area contributed by atoms with Gasteiger partial charge in [-0.05, 0) is 33.7 Å². The van der Waals surface area contributed by atoms with Crippen molar-refractivity contribution in [3.63, 3.8) is 0 Å². The maximum Gasteiger partial charge on any atom is 0.148 e. The smallest absolute Gasteiger partial charge is 0.148 e. The molecule has 0 aliphatic rings. The third kappa shape index (κ3) is 22.7. The molecule has 0 rings (SSSR count). The molecule has 0 saturated carbocycles. The van der Waals surface area contributed by atoms with Crippen LogP contribution >= 0.6 is 8.58 Å². The van der Waals surface area contributed by atoms with Crippen LogP contribution in [0.15, 0.2) is 0 Å². The first-order valence-corrected chi connectivity index (χ1v) is 6.35. The topological polar surface area (TPSA) is 32.3 Å². The molecule has 0 fully saturated rings. The van der Waals surface area contributed by atoms with Gasteiger partial charge in [-0.1, -0.05) is 22.4 Å². The van der Waals surface area contributed by atoms with Crippen molar-refractivity contribution in [2.24, 2.45) is 0 Å². The van der Waals surface area contributed by atoms with E-state index >= 15 is 0 Å². The summed E-state index contributed by atoms with van der Waals surface area (Å²) in [6.07, 6.45) is 1.01. The molecule has 0 radical (unpaired) electrons. The highest BCUT2D eigenvalue weighted by Gasteiger charge is 1.85. The Morgan fingerprint density at radius 2 is 1.93 bits per heavy atom. The molecule has 14 heavy (non-hydrogen) atoms. The van der Waals surface area contributed by atoms with Crippen LogP contribution in [-0.2, 0) is 4.79 Å². The van der Waals surface area contributed by atoms with Crippen LogP contribution < -0.4 is 5.32 Å². The van der Waals surface area contributed by atoms with Crippen LogP contribution in [0.2, 0.25) is 0 Å². The second kappa shape index (κ2) is 13.0. The van der Waals surface area contributed by atoms with Crippen molar-refractivity contribution >= 4 is 14.1 Å². The third-order valence-corrected chi connectivity index (χ3v) is 2.26. The maximum absolute atomic E-state index is 10.1. The number of hydrogen-bond acceptors (Lipinski definition) is 3. The van der Waals surface area contributed by atoms with Gasteiger partial charge in [-0.2, -0.15) is 0 Å². The van der Waals surface area contributed by atoms with Gasteiger partial charge in [-0.15, -0.1) is 0 Å². The minimum absolute atomic E-state index is 0.317. The Morgan fingerprint density at radius 3 is 2.14 bits per heavy atom. The lowest BCUT2D eigenvalue weighted by molar-refractivity contribution is -0.109. The molecule has 1 atom stereocenters. The average Bonchev–Trinajstić information content (AvgIpc) is 2.05. The van der Waals surface area contributed by atoms with Gasteiger partial charge in [0.25, 0.3) is 0 Å². The van der Waals surface area contributed by atoms with Gasteiger partial charge in [0.15, 0.2) is 0 Å². The highest BCUT2D eigenvalue weighted by Crippen LogP contribution is 2.06. The predicted octanol–water partition coefficient (Wildman–Crippen LogP) is 1.39. The standard InChI is InChI=1S/C6H16N2.C4H9OP/c1-4-7-5-6-8(2)3;1-3-6-4(2)5/h7H,4-6H2,1-3H3;6H,3H2,1-2H3. The fourth-order valence-corrected chi connectivity index (χ4v) is 1.23. The third-order valence-electron chi connectivity index (χ3n) is 1.41. The fourth-order valence-electron chi connectivity index (χ4n) is 0.728. The summed E-state index contributed by atoms with van der Waals surface area (Å²) in [5, 5.41) is 3.24. The molecule has 3 nitrogen and oxygen atoms in total. The molecular formula is C10H25N2OP. The lowest BCUT2D eigenvalue weighted by Crippen LogP contribution is -2.26. The van der Waals surface area contributed by atoms with E-state index in [1.807, 2.05) is 6.92 Å². The molecule has 0 aromatic heterocycles. The first kappa shape index (κ1) is 16.4. The Morgan fingerprint density at radius 1 is 1.36 bits per heavy atom. The highest BCUT2D eigenvalue weighted by molar-refractivity contribution is 7.57. The predicted molar refractivity (Wildman–Crippen MR) is 66.6 cm³/mol. The molecule has 0 aromatic carbocycles. The molecule has 0 saturated heterocycles. The first-order valence-electron chi connectivity index (χ1n) is 5.14. The second-order valence-corrected chi connectivity index (χ2v) is 5.01. The molecule has 0 aliphatic carbocycles. The first-order chi connectivity index (χ1) is 6.54. The lowest BCUT2D eigenvalue weighted by Gasteiger charge is -2.08. The number of carbonyl (C=O) groups is 1. The van der Waals surface area contributed by atoms with Crippen molar-refractivity contribution in [2.75, 3.05) is 39.9 Å². The van der Waals surface area contributed by atoms with Crippen LogP contribution in [0.25, 0.3) is 0 Å². The Bertz CT molecular complexity index is 129. The summed E-state index contributed by atoms with van der Waals surface area (Å²) >= 11 is 0. The summed E-state index contributed by atoms with van der Waals surface area (Å²) in [5.41, 5.74) is 0.317. The molecule has 0 heterocycles. The van der Waals surface area contributed by atoms with Gasteiger partial charge in [-0.3, -0.25) is 4.79 Å². The van der Waals surface area contributed by atoms with E-state index in [9.17, 15) is 4.79 Å². The molecule has 86 valence electrons. The summed E-state index contributed by atoms with van der Waals surface area (Å²) in [6.45, 7) is 9.07. The van der Waals surface area contributed by atoms with Gasteiger partial charge in [-0.25, -0.2) is 0 Å².